The predicted molar refractivity (Wildman–Crippen MR) is 85.9 cm³/mol. The van der Waals surface area contributed by atoms with E-state index in [9.17, 15) is 4.79 Å². The first-order valence-corrected chi connectivity index (χ1v) is 8.14. The summed E-state index contributed by atoms with van der Waals surface area (Å²) in [6.45, 7) is 5.85. The molecule has 0 bridgehead atoms. The maximum absolute atomic E-state index is 12.4. The van der Waals surface area contributed by atoms with Crippen LogP contribution < -0.4 is 0 Å². The quantitative estimate of drug-likeness (QED) is 0.844. The standard InChI is InChI=1S/C17H22N4O2/c1-2-6-15-18-16(23-19-15)13-20-9-11-21(12-10-20)17(22)14-7-4-3-5-8-14/h3-5,7-8H,2,6,9-13H2,1H3. The molecule has 0 spiro atoms. The molecule has 1 aliphatic rings. The fourth-order valence-corrected chi connectivity index (χ4v) is 2.74. The van der Waals surface area contributed by atoms with Crippen LogP contribution in [0.2, 0.25) is 0 Å². The van der Waals surface area contributed by atoms with Crippen molar-refractivity contribution in [1.82, 2.24) is 19.9 Å². The molecule has 0 saturated carbocycles. The van der Waals surface area contributed by atoms with Crippen LogP contribution in [0.4, 0.5) is 0 Å². The molecule has 6 heteroatoms. The molecule has 23 heavy (non-hydrogen) atoms. The molecule has 3 rings (SSSR count). The van der Waals surface area contributed by atoms with Crippen LogP contribution in [0.1, 0.15) is 35.4 Å². The zero-order chi connectivity index (χ0) is 16.1. The van der Waals surface area contributed by atoms with Gasteiger partial charge in [0.1, 0.15) is 0 Å². The number of aromatic nitrogens is 2. The van der Waals surface area contributed by atoms with E-state index < -0.39 is 0 Å². The first kappa shape index (κ1) is 15.7. The molecule has 1 fully saturated rings. The third-order valence-corrected chi connectivity index (χ3v) is 4.02. The smallest absolute Gasteiger partial charge is 0.253 e. The molecule has 1 aromatic carbocycles. The second-order valence-corrected chi connectivity index (χ2v) is 5.79. The average Bonchev–Trinajstić information content (AvgIpc) is 3.03. The van der Waals surface area contributed by atoms with E-state index >= 15 is 0 Å². The van der Waals surface area contributed by atoms with Crippen LogP contribution in [0, 0.1) is 0 Å². The van der Waals surface area contributed by atoms with Gasteiger partial charge in [0.2, 0.25) is 5.89 Å². The molecule has 2 aromatic rings. The van der Waals surface area contributed by atoms with Gasteiger partial charge in [-0.1, -0.05) is 30.3 Å². The summed E-state index contributed by atoms with van der Waals surface area (Å²) < 4.78 is 5.28. The van der Waals surface area contributed by atoms with Gasteiger partial charge in [0, 0.05) is 38.2 Å². The number of piperazine rings is 1. The monoisotopic (exact) mass is 314 g/mol. The Kier molecular flexibility index (Phi) is 5.02. The van der Waals surface area contributed by atoms with E-state index in [4.69, 9.17) is 4.52 Å². The fourth-order valence-electron chi connectivity index (χ4n) is 2.74. The normalized spacial score (nSPS) is 15.8. The maximum atomic E-state index is 12.4. The van der Waals surface area contributed by atoms with E-state index in [2.05, 4.69) is 22.0 Å². The zero-order valence-electron chi connectivity index (χ0n) is 13.4. The Balaban J connectivity index is 1.51. The number of carbonyl (C=O) groups is 1. The van der Waals surface area contributed by atoms with E-state index in [-0.39, 0.29) is 5.91 Å². The first-order valence-electron chi connectivity index (χ1n) is 8.14. The average molecular weight is 314 g/mol. The van der Waals surface area contributed by atoms with Crippen LogP contribution in [-0.2, 0) is 13.0 Å². The summed E-state index contributed by atoms with van der Waals surface area (Å²) in [4.78, 5) is 21.0. The minimum Gasteiger partial charge on any atom is -0.338 e. The summed E-state index contributed by atoms with van der Waals surface area (Å²) in [6, 6.07) is 9.44. The lowest BCUT2D eigenvalue weighted by Gasteiger charge is -2.34. The Morgan fingerprint density at radius 2 is 1.91 bits per heavy atom. The van der Waals surface area contributed by atoms with Gasteiger partial charge in [0.25, 0.3) is 5.91 Å². The van der Waals surface area contributed by atoms with Crippen molar-refractivity contribution in [3.05, 3.63) is 47.6 Å². The van der Waals surface area contributed by atoms with Crippen molar-refractivity contribution in [3.8, 4) is 0 Å². The molecule has 1 amide bonds. The highest BCUT2D eigenvalue weighted by molar-refractivity contribution is 5.94. The Morgan fingerprint density at radius 3 is 2.61 bits per heavy atom. The van der Waals surface area contributed by atoms with E-state index in [0.29, 0.717) is 12.4 Å². The molecular weight excluding hydrogens is 292 g/mol. The highest BCUT2D eigenvalue weighted by atomic mass is 16.5. The van der Waals surface area contributed by atoms with Crippen LogP contribution in [0.5, 0.6) is 0 Å². The lowest BCUT2D eigenvalue weighted by molar-refractivity contribution is 0.0615. The highest BCUT2D eigenvalue weighted by Crippen LogP contribution is 2.11. The number of hydrogen-bond acceptors (Lipinski definition) is 5. The van der Waals surface area contributed by atoms with E-state index in [1.807, 2.05) is 35.2 Å². The van der Waals surface area contributed by atoms with Crippen molar-refractivity contribution < 1.29 is 9.32 Å². The summed E-state index contributed by atoms with van der Waals surface area (Å²) in [5.41, 5.74) is 0.752. The van der Waals surface area contributed by atoms with E-state index in [1.165, 1.54) is 0 Å². The second kappa shape index (κ2) is 7.37. The minimum absolute atomic E-state index is 0.105. The van der Waals surface area contributed by atoms with Crippen LogP contribution in [0.3, 0.4) is 0 Å². The van der Waals surface area contributed by atoms with Gasteiger partial charge in [-0.25, -0.2) is 0 Å². The number of carbonyl (C=O) groups excluding carboxylic acids is 1. The first-order chi connectivity index (χ1) is 11.3. The minimum atomic E-state index is 0.105. The number of nitrogens with zero attached hydrogens (tertiary/aromatic N) is 4. The van der Waals surface area contributed by atoms with Crippen LogP contribution >= 0.6 is 0 Å². The van der Waals surface area contributed by atoms with Crippen molar-refractivity contribution in [1.29, 1.82) is 0 Å². The molecule has 0 atom stereocenters. The van der Waals surface area contributed by atoms with Crippen molar-refractivity contribution in [2.45, 2.75) is 26.3 Å². The Bertz CT molecular complexity index is 633. The lowest BCUT2D eigenvalue weighted by atomic mass is 10.2. The Hall–Kier alpha value is -2.21. The summed E-state index contributed by atoms with van der Waals surface area (Å²) >= 11 is 0. The summed E-state index contributed by atoms with van der Waals surface area (Å²) in [5, 5.41) is 3.98. The molecular formula is C17H22N4O2. The number of benzene rings is 1. The maximum Gasteiger partial charge on any atom is 0.253 e. The summed E-state index contributed by atoms with van der Waals surface area (Å²) in [7, 11) is 0. The van der Waals surface area contributed by atoms with Crippen LogP contribution in [0.15, 0.2) is 34.9 Å². The van der Waals surface area contributed by atoms with Gasteiger partial charge in [-0.15, -0.1) is 0 Å². The van der Waals surface area contributed by atoms with Gasteiger partial charge in [0.15, 0.2) is 5.82 Å². The van der Waals surface area contributed by atoms with Crippen LogP contribution in [-0.4, -0.2) is 52.0 Å². The van der Waals surface area contributed by atoms with Crippen LogP contribution in [0.25, 0.3) is 0 Å². The third-order valence-electron chi connectivity index (χ3n) is 4.02. The van der Waals surface area contributed by atoms with Crippen molar-refractivity contribution in [2.75, 3.05) is 26.2 Å². The molecule has 1 aromatic heterocycles. The second-order valence-electron chi connectivity index (χ2n) is 5.79. The van der Waals surface area contributed by atoms with E-state index in [0.717, 1.165) is 50.4 Å². The molecule has 122 valence electrons. The molecule has 0 aliphatic carbocycles. The molecule has 6 nitrogen and oxygen atoms in total. The van der Waals surface area contributed by atoms with Crippen molar-refractivity contribution in [3.63, 3.8) is 0 Å². The Labute approximate surface area is 136 Å². The molecule has 0 N–H and O–H groups in total. The zero-order valence-corrected chi connectivity index (χ0v) is 13.4. The van der Waals surface area contributed by atoms with Crippen molar-refractivity contribution >= 4 is 5.91 Å². The largest absolute Gasteiger partial charge is 0.338 e. The fraction of sp³-hybridized carbons (Fsp3) is 0.471. The van der Waals surface area contributed by atoms with Gasteiger partial charge in [-0.05, 0) is 18.6 Å². The molecule has 2 heterocycles. The van der Waals surface area contributed by atoms with Gasteiger partial charge >= 0.3 is 0 Å². The molecule has 1 aliphatic heterocycles. The predicted octanol–water partition coefficient (Wildman–Crippen LogP) is 1.98. The number of hydrogen-bond donors (Lipinski definition) is 0. The number of aryl methyl sites for hydroxylation is 1. The SMILES string of the molecule is CCCc1noc(CN2CCN(C(=O)c3ccccc3)CC2)n1. The summed E-state index contributed by atoms with van der Waals surface area (Å²) in [5.74, 6) is 1.55. The molecule has 1 saturated heterocycles. The van der Waals surface area contributed by atoms with E-state index in [1.54, 1.807) is 0 Å². The van der Waals surface area contributed by atoms with Gasteiger partial charge < -0.3 is 9.42 Å². The topological polar surface area (TPSA) is 62.5 Å². The molecule has 0 unspecified atom stereocenters. The van der Waals surface area contributed by atoms with Gasteiger partial charge in [-0.3, -0.25) is 9.69 Å². The van der Waals surface area contributed by atoms with Crippen molar-refractivity contribution in [2.24, 2.45) is 0 Å². The lowest BCUT2D eigenvalue weighted by Crippen LogP contribution is -2.48. The molecule has 0 radical (unpaired) electrons. The summed E-state index contributed by atoms with van der Waals surface area (Å²) in [6.07, 6.45) is 1.86. The third kappa shape index (κ3) is 3.96. The highest BCUT2D eigenvalue weighted by Gasteiger charge is 2.23. The number of rotatable bonds is 5. The van der Waals surface area contributed by atoms with Gasteiger partial charge in [0.05, 0.1) is 6.54 Å². The van der Waals surface area contributed by atoms with Gasteiger partial charge in [-0.2, -0.15) is 4.98 Å². The number of amides is 1. The Morgan fingerprint density at radius 1 is 1.17 bits per heavy atom.